The summed E-state index contributed by atoms with van der Waals surface area (Å²) in [4.78, 5) is 3.75. The van der Waals surface area contributed by atoms with E-state index < -0.39 is 0 Å². The second-order valence-electron chi connectivity index (χ2n) is 1.45. The van der Waals surface area contributed by atoms with Crippen LogP contribution in [0.25, 0.3) is 0 Å². The third kappa shape index (κ3) is 5.43. The predicted octanol–water partition coefficient (Wildman–Crippen LogP) is -0.0695. The van der Waals surface area contributed by atoms with Crippen LogP contribution in [-0.2, 0) is 0 Å². The summed E-state index contributed by atoms with van der Waals surface area (Å²) in [6.45, 7) is 3.45. The van der Waals surface area contributed by atoms with Crippen LogP contribution in [0.2, 0.25) is 0 Å². The summed E-state index contributed by atoms with van der Waals surface area (Å²) in [5.41, 5.74) is 5.07. The minimum Gasteiger partial charge on any atom is -0.376 e. The molecule has 0 aliphatic rings. The molecule has 0 heterocycles. The highest BCUT2D eigenvalue weighted by Crippen LogP contribution is 1.64. The van der Waals surface area contributed by atoms with Gasteiger partial charge in [-0.05, 0) is 6.42 Å². The summed E-state index contributed by atoms with van der Waals surface area (Å²) in [6.07, 6.45) is 2.76. The minimum absolute atomic E-state index is 0.372. The van der Waals surface area contributed by atoms with Gasteiger partial charge in [0, 0.05) is 6.54 Å². The lowest BCUT2D eigenvalue weighted by Crippen LogP contribution is -2.12. The van der Waals surface area contributed by atoms with Gasteiger partial charge in [-0.1, -0.05) is 6.92 Å². The molecule has 0 fully saturated rings. The fourth-order valence-corrected chi connectivity index (χ4v) is 0.326. The Labute approximate surface area is 50.0 Å². The van der Waals surface area contributed by atoms with Crippen LogP contribution < -0.4 is 11.1 Å². The lowest BCUT2D eigenvalue weighted by atomic mass is 10.5. The van der Waals surface area contributed by atoms with Crippen LogP contribution in [0.15, 0.2) is 4.99 Å². The summed E-state index contributed by atoms with van der Waals surface area (Å²) in [7, 11) is 0. The molecule has 0 aliphatic heterocycles. The van der Waals surface area contributed by atoms with Crippen molar-refractivity contribution in [2.45, 2.75) is 13.3 Å². The molecule has 3 N–H and O–H groups in total. The summed E-state index contributed by atoms with van der Waals surface area (Å²) < 4.78 is 0. The lowest BCUT2D eigenvalue weighted by Gasteiger charge is -1.91. The Hall–Kier alpha value is -0.570. The Morgan fingerprint density at radius 3 is 3.00 bits per heavy atom. The van der Waals surface area contributed by atoms with Crippen molar-refractivity contribution in [2.24, 2.45) is 10.7 Å². The van der Waals surface area contributed by atoms with Crippen LogP contribution in [0.3, 0.4) is 0 Å². The first-order valence-corrected chi connectivity index (χ1v) is 2.83. The zero-order valence-electron chi connectivity index (χ0n) is 5.22. The van der Waals surface area contributed by atoms with Crippen LogP contribution >= 0.6 is 0 Å². The zero-order valence-corrected chi connectivity index (χ0v) is 5.22. The van der Waals surface area contributed by atoms with Gasteiger partial charge in [-0.2, -0.15) is 0 Å². The molecule has 0 unspecified atom stereocenters. The molecule has 8 heavy (non-hydrogen) atoms. The number of hydrogen-bond donors (Lipinski definition) is 2. The fourth-order valence-electron chi connectivity index (χ4n) is 0.326. The fraction of sp³-hybridized carbons (Fsp3) is 0.800. The molecule has 48 valence electrons. The first-order valence-electron chi connectivity index (χ1n) is 2.83. The molecule has 0 aromatic carbocycles. The highest BCUT2D eigenvalue weighted by molar-refractivity contribution is 5.53. The Morgan fingerprint density at radius 1 is 1.75 bits per heavy atom. The topological polar surface area (TPSA) is 50.4 Å². The van der Waals surface area contributed by atoms with Crippen LogP contribution in [0.5, 0.6) is 0 Å². The maximum Gasteiger partial charge on any atom is 0.0876 e. The smallest absolute Gasteiger partial charge is 0.0876 e. The van der Waals surface area contributed by atoms with Gasteiger partial charge in [-0.15, -0.1) is 0 Å². The van der Waals surface area contributed by atoms with E-state index in [1.165, 1.54) is 0 Å². The highest BCUT2D eigenvalue weighted by atomic mass is 15.0. The van der Waals surface area contributed by atoms with Crippen molar-refractivity contribution in [3.63, 3.8) is 0 Å². The molecule has 0 aromatic heterocycles. The van der Waals surface area contributed by atoms with Gasteiger partial charge in [-0.3, -0.25) is 4.99 Å². The van der Waals surface area contributed by atoms with E-state index in [0.29, 0.717) is 6.67 Å². The van der Waals surface area contributed by atoms with E-state index in [1.807, 2.05) is 0 Å². The first kappa shape index (κ1) is 7.43. The summed E-state index contributed by atoms with van der Waals surface area (Å²) >= 11 is 0. The predicted molar refractivity (Wildman–Crippen MR) is 35.8 cm³/mol. The van der Waals surface area contributed by atoms with Gasteiger partial charge in [0.25, 0.3) is 0 Å². The van der Waals surface area contributed by atoms with Gasteiger partial charge in [0.15, 0.2) is 0 Å². The summed E-state index contributed by atoms with van der Waals surface area (Å²) in [5, 5.41) is 2.96. The van der Waals surface area contributed by atoms with Crippen molar-refractivity contribution in [3.05, 3.63) is 0 Å². The van der Waals surface area contributed by atoms with Crippen LogP contribution in [-0.4, -0.2) is 19.6 Å². The van der Waals surface area contributed by atoms with Gasteiger partial charge in [0.1, 0.15) is 0 Å². The highest BCUT2D eigenvalue weighted by Gasteiger charge is 1.70. The van der Waals surface area contributed by atoms with E-state index in [1.54, 1.807) is 6.34 Å². The second-order valence-corrected chi connectivity index (χ2v) is 1.45. The number of hydrogen-bond acceptors (Lipinski definition) is 2. The van der Waals surface area contributed by atoms with Gasteiger partial charge in [-0.25, -0.2) is 0 Å². The normalized spacial score (nSPS) is 10.2. The zero-order chi connectivity index (χ0) is 6.24. The number of nitrogens with zero attached hydrogens (tertiary/aromatic N) is 1. The Kier molecular flexibility index (Phi) is 5.97. The standard InChI is InChI=1S/C5H13N3/c1-2-3-7-5-8-4-6/h5H,2-4,6H2,1H3,(H,7,8). The molecule has 0 amide bonds. The molecule has 0 atom stereocenters. The van der Waals surface area contributed by atoms with E-state index in [-0.39, 0.29) is 0 Å². The molecule has 0 saturated carbocycles. The molecular weight excluding hydrogens is 102 g/mol. The van der Waals surface area contributed by atoms with Crippen LogP contribution in [0, 0.1) is 0 Å². The average molecular weight is 115 g/mol. The Bertz CT molecular complexity index is 60.7. The molecule has 0 bridgehead atoms. The van der Waals surface area contributed by atoms with Crippen molar-refractivity contribution in [2.75, 3.05) is 13.2 Å². The maximum absolute atomic E-state index is 5.07. The quantitative estimate of drug-likeness (QED) is 0.306. The van der Waals surface area contributed by atoms with E-state index >= 15 is 0 Å². The Morgan fingerprint density at radius 2 is 2.50 bits per heavy atom. The molecule has 3 heteroatoms. The van der Waals surface area contributed by atoms with Crippen LogP contribution in [0.1, 0.15) is 13.3 Å². The molecular formula is C5H13N3. The molecule has 0 radical (unpaired) electrons. The average Bonchev–Trinajstić information content (AvgIpc) is 1.81. The van der Waals surface area contributed by atoms with Crippen molar-refractivity contribution < 1.29 is 0 Å². The lowest BCUT2D eigenvalue weighted by molar-refractivity contribution is 0.846. The number of aliphatic imine (C=N–C) groups is 1. The van der Waals surface area contributed by atoms with Crippen molar-refractivity contribution in [1.82, 2.24) is 5.32 Å². The second kappa shape index (κ2) is 6.43. The molecule has 0 rings (SSSR count). The Balaban J connectivity index is 2.80. The largest absolute Gasteiger partial charge is 0.376 e. The molecule has 0 aromatic rings. The van der Waals surface area contributed by atoms with Crippen molar-refractivity contribution in [1.29, 1.82) is 0 Å². The van der Waals surface area contributed by atoms with E-state index in [0.717, 1.165) is 13.0 Å². The summed E-state index contributed by atoms with van der Waals surface area (Å²) in [6, 6.07) is 0. The number of rotatable bonds is 4. The van der Waals surface area contributed by atoms with Gasteiger partial charge < -0.3 is 11.1 Å². The third-order valence-corrected chi connectivity index (χ3v) is 0.682. The molecule has 0 spiro atoms. The van der Waals surface area contributed by atoms with Crippen molar-refractivity contribution >= 4 is 6.34 Å². The SMILES string of the molecule is CCCN/C=N/CN. The van der Waals surface area contributed by atoms with E-state index in [2.05, 4.69) is 17.2 Å². The maximum atomic E-state index is 5.07. The monoisotopic (exact) mass is 115 g/mol. The minimum atomic E-state index is 0.372. The van der Waals surface area contributed by atoms with Gasteiger partial charge >= 0.3 is 0 Å². The van der Waals surface area contributed by atoms with Crippen molar-refractivity contribution in [3.8, 4) is 0 Å². The number of nitrogens with one attached hydrogen (secondary N) is 1. The molecule has 3 nitrogen and oxygen atoms in total. The summed E-state index contributed by atoms with van der Waals surface area (Å²) in [5.74, 6) is 0. The first-order chi connectivity index (χ1) is 3.91. The molecule has 0 aliphatic carbocycles. The third-order valence-electron chi connectivity index (χ3n) is 0.682. The van der Waals surface area contributed by atoms with Crippen LogP contribution in [0.4, 0.5) is 0 Å². The number of nitrogens with two attached hydrogens (primary N) is 1. The van der Waals surface area contributed by atoms with Gasteiger partial charge in [0.2, 0.25) is 0 Å². The van der Waals surface area contributed by atoms with E-state index in [4.69, 9.17) is 5.73 Å². The van der Waals surface area contributed by atoms with E-state index in [9.17, 15) is 0 Å². The van der Waals surface area contributed by atoms with Gasteiger partial charge in [0.05, 0.1) is 13.0 Å². The molecule has 0 saturated heterocycles.